The second-order valence-electron chi connectivity index (χ2n) is 7.34. The summed E-state index contributed by atoms with van der Waals surface area (Å²) in [6.45, 7) is 4.36. The molecular formula is C21H25N3OS. The first kappa shape index (κ1) is 17.4. The Morgan fingerprint density at radius 2 is 2.23 bits per heavy atom. The van der Waals surface area contributed by atoms with Crippen molar-refractivity contribution in [2.75, 3.05) is 13.1 Å². The van der Waals surface area contributed by atoms with E-state index in [0.717, 1.165) is 24.4 Å². The number of nitrogens with zero attached hydrogens (tertiary/aromatic N) is 2. The number of pyridine rings is 1. The summed E-state index contributed by atoms with van der Waals surface area (Å²) in [5.41, 5.74) is 2.46. The molecule has 2 aromatic rings. The van der Waals surface area contributed by atoms with Crippen LogP contribution in [-0.4, -0.2) is 41.0 Å². The quantitative estimate of drug-likeness (QED) is 0.825. The lowest BCUT2D eigenvalue weighted by atomic mass is 9.77. The number of thiophene rings is 1. The fourth-order valence-corrected chi connectivity index (χ4v) is 5.12. The molecule has 3 aliphatic rings. The fraction of sp³-hybridized carbons (Fsp3) is 0.429. The minimum Gasteiger partial charge on any atom is -0.348 e. The Morgan fingerprint density at radius 1 is 1.38 bits per heavy atom. The van der Waals surface area contributed by atoms with E-state index >= 15 is 0 Å². The highest BCUT2D eigenvalue weighted by atomic mass is 32.1. The zero-order valence-electron chi connectivity index (χ0n) is 15.1. The number of carbonyl (C=O) groups excluding carboxylic acids is 1. The average Bonchev–Trinajstić information content (AvgIpc) is 3.08. The zero-order valence-corrected chi connectivity index (χ0v) is 15.9. The Hall–Kier alpha value is -1.98. The Labute approximate surface area is 158 Å². The van der Waals surface area contributed by atoms with E-state index in [1.807, 2.05) is 24.5 Å². The van der Waals surface area contributed by atoms with E-state index < -0.39 is 0 Å². The molecule has 2 bridgehead atoms. The van der Waals surface area contributed by atoms with Gasteiger partial charge in [-0.15, -0.1) is 11.3 Å². The smallest absolute Gasteiger partial charge is 0.244 e. The van der Waals surface area contributed by atoms with Crippen molar-refractivity contribution in [3.8, 4) is 0 Å². The van der Waals surface area contributed by atoms with Gasteiger partial charge in [-0.3, -0.25) is 14.7 Å². The third kappa shape index (κ3) is 3.74. The first-order valence-corrected chi connectivity index (χ1v) is 10.2. The molecule has 3 fully saturated rings. The topological polar surface area (TPSA) is 45.2 Å². The molecule has 2 aromatic heterocycles. The zero-order chi connectivity index (χ0) is 17.9. The molecule has 136 valence electrons. The van der Waals surface area contributed by atoms with Crippen molar-refractivity contribution in [2.45, 2.75) is 38.3 Å². The third-order valence-electron chi connectivity index (χ3n) is 5.73. The van der Waals surface area contributed by atoms with Crippen molar-refractivity contribution in [2.24, 2.45) is 5.92 Å². The van der Waals surface area contributed by atoms with Gasteiger partial charge in [0.1, 0.15) is 0 Å². The predicted octanol–water partition coefficient (Wildman–Crippen LogP) is 3.29. The normalized spacial score (nSPS) is 27.7. The number of amides is 1. The van der Waals surface area contributed by atoms with E-state index in [2.05, 4.69) is 39.6 Å². The van der Waals surface area contributed by atoms with E-state index in [0.29, 0.717) is 12.0 Å². The van der Waals surface area contributed by atoms with E-state index in [1.165, 1.54) is 24.0 Å². The van der Waals surface area contributed by atoms with Crippen LogP contribution >= 0.6 is 11.3 Å². The van der Waals surface area contributed by atoms with Crippen LogP contribution in [0.4, 0.5) is 0 Å². The van der Waals surface area contributed by atoms with E-state index in [-0.39, 0.29) is 11.9 Å². The number of aromatic nitrogens is 1. The molecule has 5 heteroatoms. The molecule has 3 aliphatic heterocycles. The van der Waals surface area contributed by atoms with Crippen molar-refractivity contribution in [3.05, 3.63) is 58.1 Å². The number of nitrogens with one attached hydrogen (secondary N) is 1. The predicted molar refractivity (Wildman–Crippen MR) is 106 cm³/mol. The molecule has 3 saturated heterocycles. The maximum Gasteiger partial charge on any atom is 0.244 e. The SMILES string of the molecule is Cc1ccsc1C=CC(=O)NC1C2CCN(CC2)C1Cc1cccnc1. The summed E-state index contributed by atoms with van der Waals surface area (Å²) < 4.78 is 0. The summed E-state index contributed by atoms with van der Waals surface area (Å²) >= 11 is 1.67. The van der Waals surface area contributed by atoms with Crippen LogP contribution in [0.25, 0.3) is 6.08 Å². The lowest BCUT2D eigenvalue weighted by Gasteiger charge is -2.51. The highest BCUT2D eigenvalue weighted by Gasteiger charge is 2.42. The van der Waals surface area contributed by atoms with Gasteiger partial charge in [0.2, 0.25) is 5.91 Å². The molecule has 5 rings (SSSR count). The van der Waals surface area contributed by atoms with Gasteiger partial charge in [-0.1, -0.05) is 6.07 Å². The van der Waals surface area contributed by atoms with Gasteiger partial charge in [0.25, 0.3) is 0 Å². The Kier molecular flexibility index (Phi) is 5.18. The molecule has 1 N–H and O–H groups in total. The van der Waals surface area contributed by atoms with Gasteiger partial charge in [-0.05, 0) is 79.9 Å². The van der Waals surface area contributed by atoms with Gasteiger partial charge >= 0.3 is 0 Å². The molecule has 26 heavy (non-hydrogen) atoms. The van der Waals surface area contributed by atoms with Gasteiger partial charge in [0.15, 0.2) is 0 Å². The van der Waals surface area contributed by atoms with Gasteiger partial charge in [-0.25, -0.2) is 0 Å². The molecule has 1 amide bonds. The second-order valence-corrected chi connectivity index (χ2v) is 8.29. The molecule has 0 saturated carbocycles. The largest absolute Gasteiger partial charge is 0.348 e. The monoisotopic (exact) mass is 367 g/mol. The van der Waals surface area contributed by atoms with Crippen LogP contribution in [0.15, 0.2) is 42.0 Å². The highest BCUT2D eigenvalue weighted by Crippen LogP contribution is 2.34. The van der Waals surface area contributed by atoms with Crippen LogP contribution in [0.3, 0.4) is 0 Å². The van der Waals surface area contributed by atoms with Crippen LogP contribution in [0.5, 0.6) is 0 Å². The Bertz CT molecular complexity index is 778. The van der Waals surface area contributed by atoms with Gasteiger partial charge in [0.05, 0.1) is 0 Å². The van der Waals surface area contributed by atoms with Crippen LogP contribution in [0.1, 0.15) is 28.8 Å². The lowest BCUT2D eigenvalue weighted by Crippen LogP contribution is -2.64. The standard InChI is InChI=1S/C21H25N3OS/c1-15-8-12-26-19(15)4-5-20(25)23-21-17-6-10-24(11-7-17)18(21)13-16-3-2-9-22-14-16/h2-5,8-9,12,14,17-18,21H,6-7,10-11,13H2,1H3,(H,23,25). The molecule has 0 aliphatic carbocycles. The second kappa shape index (κ2) is 7.72. The van der Waals surface area contributed by atoms with Crippen LogP contribution in [0, 0.1) is 12.8 Å². The molecule has 0 radical (unpaired) electrons. The van der Waals surface area contributed by atoms with Crippen molar-refractivity contribution >= 4 is 23.3 Å². The van der Waals surface area contributed by atoms with E-state index in [1.54, 1.807) is 17.4 Å². The number of hydrogen-bond donors (Lipinski definition) is 1. The van der Waals surface area contributed by atoms with E-state index in [4.69, 9.17) is 0 Å². The molecule has 2 atom stereocenters. The van der Waals surface area contributed by atoms with Gasteiger partial charge in [-0.2, -0.15) is 0 Å². The molecule has 4 nitrogen and oxygen atoms in total. The molecule has 0 spiro atoms. The summed E-state index contributed by atoms with van der Waals surface area (Å²) in [4.78, 5) is 20.5. The third-order valence-corrected chi connectivity index (χ3v) is 6.71. The van der Waals surface area contributed by atoms with Gasteiger partial charge in [0, 0.05) is 35.4 Å². The molecule has 5 heterocycles. The highest BCUT2D eigenvalue weighted by molar-refractivity contribution is 7.11. The first-order valence-electron chi connectivity index (χ1n) is 9.36. The fourth-order valence-electron chi connectivity index (χ4n) is 4.30. The number of fused-ring (bicyclic) bond motifs is 3. The molecule has 0 aromatic carbocycles. The van der Waals surface area contributed by atoms with Crippen molar-refractivity contribution < 1.29 is 4.79 Å². The molecule has 2 unspecified atom stereocenters. The average molecular weight is 368 g/mol. The van der Waals surface area contributed by atoms with Crippen LogP contribution in [0.2, 0.25) is 0 Å². The lowest BCUT2D eigenvalue weighted by molar-refractivity contribution is -0.119. The number of carbonyl (C=O) groups is 1. The summed E-state index contributed by atoms with van der Waals surface area (Å²) in [6.07, 6.45) is 10.7. The Morgan fingerprint density at radius 3 is 2.92 bits per heavy atom. The maximum atomic E-state index is 12.6. The molecular weight excluding hydrogens is 342 g/mol. The first-order chi connectivity index (χ1) is 12.7. The number of piperidine rings is 3. The van der Waals surface area contributed by atoms with Crippen LogP contribution in [-0.2, 0) is 11.2 Å². The minimum atomic E-state index is 0.0211. The van der Waals surface area contributed by atoms with Crippen molar-refractivity contribution in [1.29, 1.82) is 0 Å². The summed E-state index contributed by atoms with van der Waals surface area (Å²) in [6, 6.07) is 6.80. The Balaban J connectivity index is 1.46. The van der Waals surface area contributed by atoms with Gasteiger partial charge < -0.3 is 5.32 Å². The number of hydrogen-bond acceptors (Lipinski definition) is 4. The summed E-state index contributed by atoms with van der Waals surface area (Å²) in [5.74, 6) is 0.607. The maximum absolute atomic E-state index is 12.6. The number of rotatable bonds is 5. The summed E-state index contributed by atoms with van der Waals surface area (Å²) in [7, 11) is 0. The minimum absolute atomic E-state index is 0.0211. The van der Waals surface area contributed by atoms with E-state index in [9.17, 15) is 4.79 Å². The number of aryl methyl sites for hydroxylation is 1. The van der Waals surface area contributed by atoms with Crippen molar-refractivity contribution in [3.63, 3.8) is 0 Å². The van der Waals surface area contributed by atoms with Crippen molar-refractivity contribution in [1.82, 2.24) is 15.2 Å². The van der Waals surface area contributed by atoms with Crippen LogP contribution < -0.4 is 5.32 Å². The summed E-state index contributed by atoms with van der Waals surface area (Å²) in [5, 5.41) is 5.38.